The SMILES string of the molecule is Cc1cccc(C2(CCCC(C)(C)C)CNC2)c1. The van der Waals surface area contributed by atoms with Gasteiger partial charge in [0.1, 0.15) is 0 Å². The molecule has 0 saturated carbocycles. The minimum atomic E-state index is 0.414. The summed E-state index contributed by atoms with van der Waals surface area (Å²) in [6.45, 7) is 11.5. The number of aryl methyl sites for hydroxylation is 1. The third-order valence-electron chi connectivity index (χ3n) is 4.14. The first-order valence-electron chi connectivity index (χ1n) is 7.19. The molecule has 0 radical (unpaired) electrons. The highest BCUT2D eigenvalue weighted by atomic mass is 15.0. The van der Waals surface area contributed by atoms with Crippen LogP contribution in [0.2, 0.25) is 0 Å². The third kappa shape index (κ3) is 3.14. The van der Waals surface area contributed by atoms with Crippen molar-refractivity contribution in [3.05, 3.63) is 35.4 Å². The molecule has 0 bridgehead atoms. The molecule has 1 N–H and O–H groups in total. The maximum Gasteiger partial charge on any atom is 0.0202 e. The van der Waals surface area contributed by atoms with Crippen molar-refractivity contribution >= 4 is 0 Å². The van der Waals surface area contributed by atoms with E-state index >= 15 is 0 Å². The fourth-order valence-corrected chi connectivity index (χ4v) is 2.88. The Labute approximate surface area is 112 Å². The van der Waals surface area contributed by atoms with E-state index < -0.39 is 0 Å². The molecule has 1 heterocycles. The molecule has 0 spiro atoms. The van der Waals surface area contributed by atoms with E-state index in [2.05, 4.69) is 57.3 Å². The summed E-state index contributed by atoms with van der Waals surface area (Å²) < 4.78 is 0. The van der Waals surface area contributed by atoms with E-state index in [-0.39, 0.29) is 0 Å². The molecular formula is C17H27N. The van der Waals surface area contributed by atoms with Gasteiger partial charge in [0.25, 0.3) is 0 Å². The minimum Gasteiger partial charge on any atom is -0.315 e. The predicted octanol–water partition coefficient (Wildman–Crippen LogP) is 4.05. The van der Waals surface area contributed by atoms with E-state index in [4.69, 9.17) is 0 Å². The van der Waals surface area contributed by atoms with Crippen LogP contribution in [0.15, 0.2) is 24.3 Å². The molecule has 0 aliphatic carbocycles. The average molecular weight is 245 g/mol. The Kier molecular flexibility index (Phi) is 3.82. The van der Waals surface area contributed by atoms with Gasteiger partial charge in [0.15, 0.2) is 0 Å². The summed E-state index contributed by atoms with van der Waals surface area (Å²) >= 11 is 0. The Bertz CT molecular complexity index is 396. The van der Waals surface area contributed by atoms with Gasteiger partial charge in [-0.25, -0.2) is 0 Å². The van der Waals surface area contributed by atoms with Gasteiger partial charge in [0, 0.05) is 18.5 Å². The van der Waals surface area contributed by atoms with Crippen LogP contribution in [0.3, 0.4) is 0 Å². The monoisotopic (exact) mass is 245 g/mol. The predicted molar refractivity (Wildman–Crippen MR) is 79.0 cm³/mol. The first kappa shape index (κ1) is 13.6. The molecule has 0 aromatic heterocycles. The van der Waals surface area contributed by atoms with Crippen LogP contribution < -0.4 is 5.32 Å². The first-order chi connectivity index (χ1) is 8.41. The standard InChI is InChI=1S/C17H27N/c1-14-7-5-8-15(11-14)17(12-18-13-17)10-6-9-16(2,3)4/h5,7-8,11,18H,6,9-10,12-13H2,1-4H3. The molecule has 100 valence electrons. The van der Waals surface area contributed by atoms with E-state index in [1.54, 1.807) is 0 Å². The van der Waals surface area contributed by atoms with Gasteiger partial charge in [-0.05, 0) is 30.7 Å². The quantitative estimate of drug-likeness (QED) is 0.843. The van der Waals surface area contributed by atoms with Gasteiger partial charge in [-0.1, -0.05) is 57.0 Å². The molecule has 1 aromatic rings. The zero-order chi connectivity index (χ0) is 13.2. The number of hydrogen-bond donors (Lipinski definition) is 1. The molecule has 0 atom stereocenters. The van der Waals surface area contributed by atoms with Gasteiger partial charge in [-0.2, -0.15) is 0 Å². The molecule has 1 saturated heterocycles. The van der Waals surface area contributed by atoms with E-state index in [9.17, 15) is 0 Å². The van der Waals surface area contributed by atoms with Crippen LogP contribution >= 0.6 is 0 Å². The first-order valence-corrected chi connectivity index (χ1v) is 7.19. The van der Waals surface area contributed by atoms with Gasteiger partial charge < -0.3 is 5.32 Å². The second kappa shape index (κ2) is 5.05. The Hall–Kier alpha value is -0.820. The number of rotatable bonds is 4. The van der Waals surface area contributed by atoms with Gasteiger partial charge in [0.2, 0.25) is 0 Å². The lowest BCUT2D eigenvalue weighted by Gasteiger charge is -2.44. The summed E-state index contributed by atoms with van der Waals surface area (Å²) in [6, 6.07) is 9.08. The van der Waals surface area contributed by atoms with Gasteiger partial charge in [0.05, 0.1) is 0 Å². The Morgan fingerprint density at radius 1 is 1.22 bits per heavy atom. The van der Waals surface area contributed by atoms with Crippen LogP contribution in [-0.2, 0) is 5.41 Å². The molecule has 1 aliphatic heterocycles. The highest BCUT2D eigenvalue weighted by molar-refractivity contribution is 5.33. The Morgan fingerprint density at radius 3 is 2.44 bits per heavy atom. The van der Waals surface area contributed by atoms with Crippen molar-refractivity contribution in [2.75, 3.05) is 13.1 Å². The van der Waals surface area contributed by atoms with E-state index in [1.807, 2.05) is 0 Å². The maximum absolute atomic E-state index is 3.47. The van der Waals surface area contributed by atoms with Crippen LogP contribution in [-0.4, -0.2) is 13.1 Å². The smallest absolute Gasteiger partial charge is 0.0202 e. The highest BCUT2D eigenvalue weighted by Gasteiger charge is 2.38. The molecule has 18 heavy (non-hydrogen) atoms. The molecule has 0 unspecified atom stereocenters. The maximum atomic E-state index is 3.47. The van der Waals surface area contributed by atoms with Crippen LogP contribution in [0.1, 0.15) is 51.2 Å². The summed E-state index contributed by atoms with van der Waals surface area (Å²) in [5.41, 5.74) is 3.80. The number of hydrogen-bond acceptors (Lipinski definition) is 1. The number of nitrogens with one attached hydrogen (secondary N) is 1. The summed E-state index contributed by atoms with van der Waals surface area (Å²) in [5.74, 6) is 0. The van der Waals surface area contributed by atoms with E-state index in [1.165, 1.54) is 30.4 Å². The minimum absolute atomic E-state index is 0.414. The fourth-order valence-electron chi connectivity index (χ4n) is 2.88. The van der Waals surface area contributed by atoms with Crippen molar-refractivity contribution in [2.45, 2.75) is 52.4 Å². The van der Waals surface area contributed by atoms with Gasteiger partial charge >= 0.3 is 0 Å². The summed E-state index contributed by atoms with van der Waals surface area (Å²) in [7, 11) is 0. The zero-order valence-corrected chi connectivity index (χ0v) is 12.3. The lowest BCUT2D eigenvalue weighted by molar-refractivity contribution is 0.234. The van der Waals surface area contributed by atoms with Crippen molar-refractivity contribution in [3.8, 4) is 0 Å². The second-order valence-corrected chi connectivity index (χ2v) is 7.17. The summed E-state index contributed by atoms with van der Waals surface area (Å²) in [6.07, 6.45) is 3.97. The molecule has 1 fully saturated rings. The van der Waals surface area contributed by atoms with Crippen molar-refractivity contribution in [1.29, 1.82) is 0 Å². The molecule has 1 nitrogen and oxygen atoms in total. The Morgan fingerprint density at radius 2 is 1.94 bits per heavy atom. The summed E-state index contributed by atoms with van der Waals surface area (Å²) in [5, 5.41) is 3.47. The van der Waals surface area contributed by atoms with Crippen molar-refractivity contribution in [1.82, 2.24) is 5.32 Å². The lowest BCUT2D eigenvalue weighted by Crippen LogP contribution is -2.56. The van der Waals surface area contributed by atoms with Crippen molar-refractivity contribution < 1.29 is 0 Å². The molecule has 2 rings (SSSR count). The third-order valence-corrected chi connectivity index (χ3v) is 4.14. The molecule has 1 aliphatic rings. The topological polar surface area (TPSA) is 12.0 Å². The second-order valence-electron chi connectivity index (χ2n) is 7.17. The molecule has 0 amide bonds. The van der Waals surface area contributed by atoms with E-state index in [0.29, 0.717) is 10.8 Å². The number of benzene rings is 1. The van der Waals surface area contributed by atoms with Gasteiger partial charge in [-0.15, -0.1) is 0 Å². The fraction of sp³-hybridized carbons (Fsp3) is 0.647. The van der Waals surface area contributed by atoms with Crippen molar-refractivity contribution in [3.63, 3.8) is 0 Å². The lowest BCUT2D eigenvalue weighted by atomic mass is 9.70. The zero-order valence-electron chi connectivity index (χ0n) is 12.3. The normalized spacial score (nSPS) is 18.4. The molecular weight excluding hydrogens is 218 g/mol. The Balaban J connectivity index is 2.03. The van der Waals surface area contributed by atoms with Crippen molar-refractivity contribution in [2.24, 2.45) is 5.41 Å². The molecule has 1 aromatic carbocycles. The van der Waals surface area contributed by atoms with Gasteiger partial charge in [-0.3, -0.25) is 0 Å². The van der Waals surface area contributed by atoms with E-state index in [0.717, 1.165) is 13.1 Å². The van der Waals surface area contributed by atoms with Crippen LogP contribution in [0.4, 0.5) is 0 Å². The summed E-state index contributed by atoms with van der Waals surface area (Å²) in [4.78, 5) is 0. The largest absolute Gasteiger partial charge is 0.315 e. The molecule has 1 heteroatoms. The highest BCUT2D eigenvalue weighted by Crippen LogP contribution is 2.36. The van der Waals surface area contributed by atoms with Crippen LogP contribution in [0.5, 0.6) is 0 Å². The van der Waals surface area contributed by atoms with Crippen LogP contribution in [0, 0.1) is 12.3 Å². The van der Waals surface area contributed by atoms with Crippen LogP contribution in [0.25, 0.3) is 0 Å². The average Bonchev–Trinajstić information content (AvgIpc) is 2.20.